The third-order valence-corrected chi connectivity index (χ3v) is 5.13. The van der Waals surface area contributed by atoms with Crippen molar-refractivity contribution in [2.45, 2.75) is 65.1 Å². The molecule has 1 aromatic carbocycles. The molecule has 1 aromatic heterocycles. The van der Waals surface area contributed by atoms with Crippen molar-refractivity contribution in [3.63, 3.8) is 0 Å². The highest BCUT2D eigenvalue weighted by atomic mass is 16.2. The first-order valence-corrected chi connectivity index (χ1v) is 9.71. The fourth-order valence-corrected chi connectivity index (χ4v) is 3.57. The highest BCUT2D eigenvalue weighted by Gasteiger charge is 2.17. The molecule has 0 spiro atoms. The lowest BCUT2D eigenvalue weighted by molar-refractivity contribution is -0.122. The van der Waals surface area contributed by atoms with Crippen LogP contribution in [-0.2, 0) is 24.3 Å². The van der Waals surface area contributed by atoms with E-state index < -0.39 is 0 Å². The second kappa shape index (κ2) is 8.84. The highest BCUT2D eigenvalue weighted by molar-refractivity contribution is 5.76. The van der Waals surface area contributed by atoms with Gasteiger partial charge in [0.15, 0.2) is 0 Å². The molecule has 1 aliphatic rings. The normalized spacial score (nSPS) is 15.3. The first kappa shape index (κ1) is 19.1. The molecule has 6 heteroatoms. The van der Waals surface area contributed by atoms with Crippen molar-refractivity contribution in [1.82, 2.24) is 19.7 Å². The first-order valence-electron chi connectivity index (χ1n) is 9.71. The third kappa shape index (κ3) is 4.96. The molecule has 6 nitrogen and oxygen atoms in total. The van der Waals surface area contributed by atoms with Crippen molar-refractivity contribution in [3.05, 3.63) is 63.9 Å². The van der Waals surface area contributed by atoms with Crippen LogP contribution in [0.2, 0.25) is 0 Å². The SMILES string of the molecule is Cc1nn(CC(=O)N[C@@H](C)C2=CCCCC2)c(=O)n1CCc1ccccc1. The van der Waals surface area contributed by atoms with E-state index in [4.69, 9.17) is 0 Å². The van der Waals surface area contributed by atoms with Crippen molar-refractivity contribution in [2.75, 3.05) is 0 Å². The number of nitrogens with one attached hydrogen (secondary N) is 1. The Kier molecular flexibility index (Phi) is 6.27. The van der Waals surface area contributed by atoms with E-state index in [2.05, 4.69) is 16.5 Å². The number of hydrogen-bond acceptors (Lipinski definition) is 3. The van der Waals surface area contributed by atoms with Gasteiger partial charge in [-0.05, 0) is 51.5 Å². The van der Waals surface area contributed by atoms with Crippen molar-refractivity contribution in [1.29, 1.82) is 0 Å². The summed E-state index contributed by atoms with van der Waals surface area (Å²) >= 11 is 0. The lowest BCUT2D eigenvalue weighted by Crippen LogP contribution is -2.39. The van der Waals surface area contributed by atoms with Gasteiger partial charge in [0.2, 0.25) is 5.91 Å². The van der Waals surface area contributed by atoms with E-state index in [-0.39, 0.29) is 24.2 Å². The molecule has 27 heavy (non-hydrogen) atoms. The highest BCUT2D eigenvalue weighted by Crippen LogP contribution is 2.20. The van der Waals surface area contributed by atoms with E-state index in [0.717, 1.165) is 19.3 Å². The number of allylic oxidation sites excluding steroid dienone is 1. The van der Waals surface area contributed by atoms with E-state index in [1.807, 2.05) is 37.3 Å². The van der Waals surface area contributed by atoms with E-state index in [1.165, 1.54) is 28.7 Å². The Morgan fingerprint density at radius 1 is 1.26 bits per heavy atom. The molecule has 1 atom stereocenters. The summed E-state index contributed by atoms with van der Waals surface area (Å²) in [5.41, 5.74) is 2.22. The molecule has 0 radical (unpaired) electrons. The summed E-state index contributed by atoms with van der Waals surface area (Å²) in [7, 11) is 0. The van der Waals surface area contributed by atoms with Gasteiger partial charge in [0, 0.05) is 12.6 Å². The van der Waals surface area contributed by atoms with Gasteiger partial charge in [-0.25, -0.2) is 9.48 Å². The van der Waals surface area contributed by atoms with Crippen LogP contribution in [0.25, 0.3) is 0 Å². The predicted molar refractivity (Wildman–Crippen MR) is 106 cm³/mol. The fraction of sp³-hybridized carbons (Fsp3) is 0.476. The number of nitrogens with zero attached hydrogens (tertiary/aromatic N) is 3. The van der Waals surface area contributed by atoms with Gasteiger partial charge >= 0.3 is 5.69 Å². The molecule has 1 aliphatic carbocycles. The van der Waals surface area contributed by atoms with E-state index in [9.17, 15) is 9.59 Å². The van der Waals surface area contributed by atoms with Gasteiger partial charge in [0.25, 0.3) is 0 Å². The zero-order valence-electron chi connectivity index (χ0n) is 16.1. The molecule has 0 aliphatic heterocycles. The predicted octanol–water partition coefficient (Wildman–Crippen LogP) is 2.60. The van der Waals surface area contributed by atoms with Crippen molar-refractivity contribution in [3.8, 4) is 0 Å². The molecule has 0 fully saturated rings. The summed E-state index contributed by atoms with van der Waals surface area (Å²) in [6.07, 6.45) is 7.50. The molecule has 0 saturated carbocycles. The first-order chi connectivity index (χ1) is 13.0. The van der Waals surface area contributed by atoms with Crippen LogP contribution in [0, 0.1) is 6.92 Å². The van der Waals surface area contributed by atoms with Crippen LogP contribution in [0.15, 0.2) is 46.8 Å². The topological polar surface area (TPSA) is 68.9 Å². The van der Waals surface area contributed by atoms with Gasteiger partial charge in [-0.1, -0.05) is 42.0 Å². The lowest BCUT2D eigenvalue weighted by Gasteiger charge is -2.20. The van der Waals surface area contributed by atoms with Gasteiger partial charge in [0.1, 0.15) is 12.4 Å². The number of carbonyl (C=O) groups is 1. The number of amides is 1. The summed E-state index contributed by atoms with van der Waals surface area (Å²) in [6, 6.07) is 10.0. The monoisotopic (exact) mass is 368 g/mol. The number of carbonyl (C=O) groups excluding carboxylic acids is 1. The number of rotatable bonds is 7. The van der Waals surface area contributed by atoms with Crippen LogP contribution in [0.5, 0.6) is 0 Å². The Labute approximate surface area is 159 Å². The van der Waals surface area contributed by atoms with Crippen molar-refractivity contribution in [2.24, 2.45) is 0 Å². The Morgan fingerprint density at radius 3 is 2.74 bits per heavy atom. The molecule has 1 N–H and O–H groups in total. The summed E-state index contributed by atoms with van der Waals surface area (Å²) in [5.74, 6) is 0.454. The van der Waals surface area contributed by atoms with Gasteiger partial charge in [-0.15, -0.1) is 0 Å². The average molecular weight is 368 g/mol. The second-order valence-corrected chi connectivity index (χ2v) is 7.19. The molecule has 0 saturated heterocycles. The smallest absolute Gasteiger partial charge is 0.346 e. The Morgan fingerprint density at radius 2 is 2.04 bits per heavy atom. The molecule has 2 aromatic rings. The minimum Gasteiger partial charge on any atom is -0.348 e. The van der Waals surface area contributed by atoms with Gasteiger partial charge in [-0.3, -0.25) is 9.36 Å². The molecular weight excluding hydrogens is 340 g/mol. The average Bonchev–Trinajstić information content (AvgIpc) is 2.94. The maximum Gasteiger partial charge on any atom is 0.346 e. The van der Waals surface area contributed by atoms with Crippen LogP contribution in [0.3, 0.4) is 0 Å². The molecule has 0 bridgehead atoms. The second-order valence-electron chi connectivity index (χ2n) is 7.19. The largest absolute Gasteiger partial charge is 0.348 e. The van der Waals surface area contributed by atoms with E-state index >= 15 is 0 Å². The maximum atomic E-state index is 12.6. The molecule has 0 unspecified atom stereocenters. The molecule has 1 amide bonds. The molecule has 144 valence electrons. The van der Waals surface area contributed by atoms with Gasteiger partial charge in [0.05, 0.1) is 0 Å². The summed E-state index contributed by atoms with van der Waals surface area (Å²) in [6.45, 7) is 4.31. The van der Waals surface area contributed by atoms with Gasteiger partial charge in [-0.2, -0.15) is 5.10 Å². The standard InChI is InChI=1S/C21H28N4O2/c1-16(19-11-7-4-8-12-19)22-20(26)15-25-21(27)24(17(2)23-25)14-13-18-9-5-3-6-10-18/h3,5-6,9-11,16H,4,7-8,12-15H2,1-2H3,(H,22,26)/t16-/m0/s1. The molecular formula is C21H28N4O2. The Balaban J connectivity index is 1.61. The number of aromatic nitrogens is 3. The molecule has 1 heterocycles. The zero-order chi connectivity index (χ0) is 19.2. The van der Waals surface area contributed by atoms with E-state index in [0.29, 0.717) is 12.4 Å². The fourth-order valence-electron chi connectivity index (χ4n) is 3.57. The lowest BCUT2D eigenvalue weighted by atomic mass is 9.95. The van der Waals surface area contributed by atoms with Crippen molar-refractivity contribution >= 4 is 5.91 Å². The number of aryl methyl sites for hydroxylation is 2. The molecule has 3 rings (SSSR count). The van der Waals surface area contributed by atoms with Crippen LogP contribution in [0.1, 0.15) is 44.0 Å². The van der Waals surface area contributed by atoms with Crippen LogP contribution in [-0.4, -0.2) is 26.3 Å². The summed E-state index contributed by atoms with van der Waals surface area (Å²) < 4.78 is 2.89. The van der Waals surface area contributed by atoms with Crippen LogP contribution >= 0.6 is 0 Å². The van der Waals surface area contributed by atoms with Crippen LogP contribution in [0.4, 0.5) is 0 Å². The Hall–Kier alpha value is -2.63. The van der Waals surface area contributed by atoms with Crippen molar-refractivity contribution < 1.29 is 4.79 Å². The minimum absolute atomic E-state index is 0.00904. The number of benzene rings is 1. The van der Waals surface area contributed by atoms with Crippen LogP contribution < -0.4 is 11.0 Å². The zero-order valence-corrected chi connectivity index (χ0v) is 16.1. The van der Waals surface area contributed by atoms with Gasteiger partial charge < -0.3 is 5.32 Å². The summed E-state index contributed by atoms with van der Waals surface area (Å²) in [5, 5.41) is 7.27. The minimum atomic E-state index is -0.233. The quantitative estimate of drug-likeness (QED) is 0.764. The Bertz CT molecular complexity index is 864. The third-order valence-electron chi connectivity index (χ3n) is 5.13. The summed E-state index contributed by atoms with van der Waals surface area (Å²) in [4.78, 5) is 25.0. The number of hydrogen-bond donors (Lipinski definition) is 1. The maximum absolute atomic E-state index is 12.6. The van der Waals surface area contributed by atoms with E-state index in [1.54, 1.807) is 11.5 Å².